The maximum Gasteiger partial charge on any atom is 0.253 e. The fourth-order valence-corrected chi connectivity index (χ4v) is 28.0. The van der Waals surface area contributed by atoms with Crippen LogP contribution in [0.1, 0.15) is 76.5 Å². The van der Waals surface area contributed by atoms with E-state index in [1.807, 2.05) is 115 Å². The summed E-state index contributed by atoms with van der Waals surface area (Å²) in [6.07, 6.45) is 0. The third-order valence-electron chi connectivity index (χ3n) is 18.7. The smallest absolute Gasteiger partial charge is 0.253 e. The Morgan fingerprint density at radius 3 is 1.11 bits per heavy atom. The lowest BCUT2D eigenvalue weighted by Crippen LogP contribution is -2.56. The first-order chi connectivity index (χ1) is 50.9. The first-order valence-electron chi connectivity index (χ1n) is 32.4. The van der Waals surface area contributed by atoms with E-state index in [-0.39, 0.29) is 34.1 Å². The lowest BCUT2D eigenvalue weighted by Gasteiger charge is -2.43. The average Bonchev–Trinajstić information content (AvgIpc) is 0.723. The summed E-state index contributed by atoms with van der Waals surface area (Å²) in [6, 6.07) is 96.6. The summed E-state index contributed by atoms with van der Waals surface area (Å²) in [4.78, 5) is 2.25. The van der Waals surface area contributed by atoms with Gasteiger partial charge >= 0.3 is 0 Å². The van der Waals surface area contributed by atoms with E-state index < -0.39 is 5.82 Å². The second kappa shape index (κ2) is 33.8. The SMILES string of the molecule is CC1(C)c2ccccc2N(c2c(C#N)cccc2-c2cccc(C#N)c2B2c3ccccc3Oc3ccccc32)c2ccccc21.CC1(C)c2ccccc2Nc2ccccc21.N#Cc1cccc(-c2cccc(C#N)c2B2c3ccccc3Oc3ccccc32)c1F.S=S.S=S=S=S=S=S=S=S=S.[HH].[HH].[HH]. The van der Waals surface area contributed by atoms with Gasteiger partial charge in [0.25, 0.3) is 13.4 Å². The van der Waals surface area contributed by atoms with E-state index >= 15 is 4.39 Å². The highest BCUT2D eigenvalue weighted by Crippen LogP contribution is 2.54. The zero-order chi connectivity index (χ0) is 72.9. The van der Waals surface area contributed by atoms with Gasteiger partial charge in [0.05, 0.1) is 40.3 Å². The number of hydrogen-bond donors (Lipinski definition) is 1. The van der Waals surface area contributed by atoms with Crippen molar-refractivity contribution in [3.8, 4) is 69.5 Å². The van der Waals surface area contributed by atoms with Crippen LogP contribution in [-0.2, 0) is 118 Å². The third kappa shape index (κ3) is 14.8. The van der Waals surface area contributed by atoms with E-state index in [4.69, 9.17) is 9.47 Å². The van der Waals surface area contributed by atoms with Gasteiger partial charge < -0.3 is 19.7 Å². The number of para-hydroxylation sites is 9. The molecule has 8 nitrogen and oxygen atoms in total. The summed E-state index contributed by atoms with van der Waals surface area (Å²) in [5, 5.41) is 44.0. The average molecular weight is 1560 g/mol. The number of nitrogens with zero attached hydrogens (tertiary/aromatic N) is 5. The minimum absolute atomic E-state index is 0. The lowest BCUT2D eigenvalue weighted by atomic mass is 9.34. The molecule has 0 fully saturated rings. The minimum Gasteiger partial charge on any atom is -0.458 e. The first-order valence-corrected chi connectivity index (χ1v) is 44.4. The number of halogens is 1. The molecule has 4 aliphatic rings. The van der Waals surface area contributed by atoms with Gasteiger partial charge in [0.1, 0.15) is 41.0 Å². The van der Waals surface area contributed by atoms with Crippen molar-refractivity contribution in [1.82, 2.24) is 0 Å². The van der Waals surface area contributed by atoms with Crippen molar-refractivity contribution in [3.63, 3.8) is 0 Å². The fraction of sp³-hybridized carbons (Fsp3) is 0.0732. The summed E-state index contributed by atoms with van der Waals surface area (Å²) in [5.41, 5.74) is 19.9. The molecular formula is C82H63B2FN6O2S11. The quantitative estimate of drug-likeness (QED) is 0.165. The topological polar surface area (TPSA) is 129 Å². The van der Waals surface area contributed by atoms with Gasteiger partial charge in [-0.25, -0.2) is 4.39 Å². The summed E-state index contributed by atoms with van der Waals surface area (Å²) in [6.45, 7) is 8.50. The Kier molecular flexibility index (Phi) is 24.1. The normalized spacial score (nSPS) is 12.5. The first kappa shape index (κ1) is 74.0. The van der Waals surface area contributed by atoms with Crippen molar-refractivity contribution < 1.29 is 18.1 Å². The number of fused-ring (bicyclic) bond motifs is 8. The van der Waals surface area contributed by atoms with Crippen LogP contribution in [0, 0.1) is 51.1 Å². The summed E-state index contributed by atoms with van der Waals surface area (Å²) in [7, 11) is 10.9. The van der Waals surface area contributed by atoms with Crippen molar-refractivity contribution in [2.24, 2.45) is 0 Å². The van der Waals surface area contributed by atoms with Gasteiger partial charge in [-0.15, -0.1) is 0 Å². The van der Waals surface area contributed by atoms with Crippen LogP contribution in [0.3, 0.4) is 0 Å². The Labute approximate surface area is 650 Å². The molecule has 0 unspecified atom stereocenters. The molecule has 0 radical (unpaired) electrons. The summed E-state index contributed by atoms with van der Waals surface area (Å²) >= 11 is 16.6. The van der Waals surface area contributed by atoms with Crippen LogP contribution in [0.15, 0.2) is 267 Å². The summed E-state index contributed by atoms with van der Waals surface area (Å²) < 4.78 is 27.7. The molecule has 0 saturated carbocycles. The lowest BCUT2D eigenvalue weighted by molar-refractivity contribution is 0.487. The molecule has 4 heterocycles. The van der Waals surface area contributed by atoms with Crippen LogP contribution in [0.5, 0.6) is 23.0 Å². The highest BCUT2D eigenvalue weighted by molar-refractivity contribution is 8.72. The van der Waals surface area contributed by atoms with Gasteiger partial charge in [0, 0.05) is 156 Å². The van der Waals surface area contributed by atoms with Gasteiger partial charge in [-0.05, 0) is 139 Å². The number of rotatable bonds is 5. The Balaban J connectivity index is 0.000000186. The van der Waals surface area contributed by atoms with Crippen molar-refractivity contribution in [1.29, 1.82) is 21.0 Å². The molecule has 104 heavy (non-hydrogen) atoms. The Bertz CT molecular complexity index is 5690. The van der Waals surface area contributed by atoms with Crippen molar-refractivity contribution in [2.75, 3.05) is 10.2 Å². The Morgan fingerprint density at radius 1 is 0.375 bits per heavy atom. The molecule has 22 heteroatoms. The standard InChI is InChI=1S/C41H28BN3O.C26H14BFN2O.C15H15N.S9.S2.3H2/c1-41(2)31-17-3-7-21-35(31)45(36-22-8-4-18-32(36)41)40-28(26-44)14-12-16-30(40)29-15-11-13-27(25-43)39(29)42-33-19-5-9-23-37(33)46-38-24-10-6-20-34(38)42;28-26-18(16-30)8-6-10-20(26)19-9-5-7-17(15-29)25(19)27-21-11-1-3-13-23(21)31-24-14-4-2-12-22(24)27;1-15(2)11-7-3-5-9-13(11)16-14-10-6-4-8-12(14)15;1-3-5-7-9-8-6-4-2;1-2;;;/h3-24H,1-2H3;1-14H;3-10,16H,1-2H3;;;3*1H. The number of benzene rings is 12. The fourth-order valence-electron chi connectivity index (χ4n) is 14.3. The molecule has 12 aromatic carbocycles. The molecule has 512 valence electrons. The van der Waals surface area contributed by atoms with Gasteiger partial charge in [0.15, 0.2) is 0 Å². The van der Waals surface area contributed by atoms with Crippen LogP contribution >= 0.6 is 0 Å². The Morgan fingerprint density at radius 2 is 0.692 bits per heavy atom. The summed E-state index contributed by atoms with van der Waals surface area (Å²) in [5.74, 6) is 2.37. The van der Waals surface area contributed by atoms with E-state index in [2.05, 4.69) is 222 Å². The van der Waals surface area contributed by atoms with E-state index in [1.54, 1.807) is 74.7 Å². The second-order valence-electron chi connectivity index (χ2n) is 24.9. The molecular weight excluding hydrogens is 1490 g/mol. The molecule has 0 saturated heterocycles. The second-order valence-corrected chi connectivity index (χ2v) is 37.3. The molecule has 0 bridgehead atoms. The van der Waals surface area contributed by atoms with Gasteiger partial charge in [-0.3, -0.25) is 0 Å². The van der Waals surface area contributed by atoms with Gasteiger partial charge in [-0.1, -0.05) is 222 Å². The largest absolute Gasteiger partial charge is 0.458 e. The maximum absolute atomic E-state index is 15.2. The predicted molar refractivity (Wildman–Crippen MR) is 460 cm³/mol. The van der Waals surface area contributed by atoms with Crippen LogP contribution < -0.4 is 52.5 Å². The van der Waals surface area contributed by atoms with Crippen LogP contribution in [0.4, 0.5) is 32.8 Å². The molecule has 0 spiro atoms. The number of nitrogens with one attached hydrogen (secondary N) is 1. The third-order valence-corrected chi connectivity index (χ3v) is 32.1. The number of hydrogen-bond acceptors (Lipinski definition) is 12. The minimum atomic E-state index is -0.588. The van der Waals surface area contributed by atoms with Crippen LogP contribution in [0.25, 0.3) is 22.3 Å². The van der Waals surface area contributed by atoms with Gasteiger partial charge in [0.2, 0.25) is 0 Å². The number of anilines is 5. The molecule has 0 atom stereocenters. The molecule has 12 aromatic rings. The number of nitriles is 4. The highest BCUT2D eigenvalue weighted by atomic mass is 33.4. The molecule has 0 amide bonds. The van der Waals surface area contributed by atoms with Crippen molar-refractivity contribution in [2.45, 2.75) is 38.5 Å². The van der Waals surface area contributed by atoms with Crippen LogP contribution in [0.2, 0.25) is 0 Å². The number of ether oxygens (including phenoxy) is 2. The van der Waals surface area contributed by atoms with E-state index in [0.29, 0.717) is 44.8 Å². The monoisotopic (exact) mass is 1560 g/mol. The zero-order valence-corrected chi connectivity index (χ0v) is 65.0. The molecule has 0 aromatic heterocycles. The maximum atomic E-state index is 15.2. The molecule has 16 rings (SSSR count). The predicted octanol–water partition coefficient (Wildman–Crippen LogP) is 16.5. The van der Waals surface area contributed by atoms with Crippen molar-refractivity contribution in [3.05, 3.63) is 317 Å². The highest BCUT2D eigenvalue weighted by Gasteiger charge is 2.41. The Hall–Kier alpha value is -9.72. The van der Waals surface area contributed by atoms with Crippen molar-refractivity contribution >= 4 is 182 Å². The molecule has 0 aliphatic carbocycles. The zero-order valence-electron chi connectivity index (χ0n) is 56.0. The van der Waals surface area contributed by atoms with E-state index in [0.717, 1.165) is 67.0 Å². The molecule has 1 N–H and O–H groups in total. The molecule has 4 aliphatic heterocycles. The van der Waals surface area contributed by atoms with E-state index in [9.17, 15) is 21.0 Å². The van der Waals surface area contributed by atoms with Gasteiger partial charge in [-0.2, -0.15) is 21.0 Å². The van der Waals surface area contributed by atoms with Crippen LogP contribution in [-0.4, -0.2) is 13.4 Å². The van der Waals surface area contributed by atoms with E-state index in [1.165, 1.54) is 57.5 Å².